The first-order valence-corrected chi connectivity index (χ1v) is 8.22. The second-order valence-electron chi connectivity index (χ2n) is 4.80. The average molecular weight is 350 g/mol. The first-order valence-electron chi connectivity index (χ1n) is 8.22. The standard InChI is InChI=1S/C14H15FN4O2.2C2H6/c1-9-4-5-11(10(15)6-9)19-12(16-8-18(2)3)7-13(20)17-14(19)21;2*1-2/h4-8H,1-3H3,(H,17,20,21);2*1-2H3/b16-8+;;. The maximum atomic E-state index is 14.1. The van der Waals surface area contributed by atoms with Crippen LogP contribution in [0.3, 0.4) is 0 Å². The van der Waals surface area contributed by atoms with Crippen LogP contribution in [0.25, 0.3) is 5.69 Å². The van der Waals surface area contributed by atoms with Crippen molar-refractivity contribution in [3.05, 3.63) is 56.5 Å². The number of H-pyrrole nitrogens is 1. The highest BCUT2D eigenvalue weighted by molar-refractivity contribution is 5.60. The Morgan fingerprint density at radius 3 is 2.24 bits per heavy atom. The lowest BCUT2D eigenvalue weighted by atomic mass is 10.2. The Morgan fingerprint density at radius 2 is 1.72 bits per heavy atom. The third-order valence-corrected chi connectivity index (χ3v) is 2.69. The van der Waals surface area contributed by atoms with Crippen molar-refractivity contribution in [2.24, 2.45) is 4.99 Å². The minimum atomic E-state index is -0.740. The van der Waals surface area contributed by atoms with Crippen LogP contribution in [0.4, 0.5) is 10.2 Å². The smallest absolute Gasteiger partial charge is 0.334 e. The summed E-state index contributed by atoms with van der Waals surface area (Å²) < 4.78 is 15.1. The van der Waals surface area contributed by atoms with Gasteiger partial charge in [0.1, 0.15) is 11.6 Å². The summed E-state index contributed by atoms with van der Waals surface area (Å²) in [7, 11) is 3.48. The van der Waals surface area contributed by atoms with Crippen molar-refractivity contribution in [2.75, 3.05) is 14.1 Å². The topological polar surface area (TPSA) is 70.5 Å². The van der Waals surface area contributed by atoms with Gasteiger partial charge in [0.15, 0.2) is 0 Å². The second-order valence-corrected chi connectivity index (χ2v) is 4.80. The van der Waals surface area contributed by atoms with Crippen LogP contribution in [0.2, 0.25) is 0 Å². The van der Waals surface area contributed by atoms with Gasteiger partial charge in [0.05, 0.1) is 12.0 Å². The number of benzene rings is 1. The largest absolute Gasteiger partial charge is 0.369 e. The minimum absolute atomic E-state index is 0.0350. The number of aliphatic imine (C=N–C) groups is 1. The van der Waals surface area contributed by atoms with E-state index in [1.165, 1.54) is 18.5 Å². The van der Waals surface area contributed by atoms with Crippen molar-refractivity contribution in [2.45, 2.75) is 34.6 Å². The van der Waals surface area contributed by atoms with Gasteiger partial charge in [-0.25, -0.2) is 18.7 Å². The van der Waals surface area contributed by atoms with E-state index in [0.29, 0.717) is 0 Å². The summed E-state index contributed by atoms with van der Waals surface area (Å²) in [6, 6.07) is 5.60. The molecule has 0 bridgehead atoms. The molecule has 0 atom stereocenters. The molecule has 1 N–H and O–H groups in total. The molecular weight excluding hydrogens is 323 g/mol. The minimum Gasteiger partial charge on any atom is -0.369 e. The molecule has 138 valence electrons. The average Bonchev–Trinajstić information content (AvgIpc) is 2.57. The van der Waals surface area contributed by atoms with Crippen LogP contribution >= 0.6 is 0 Å². The van der Waals surface area contributed by atoms with Crippen LogP contribution in [0, 0.1) is 12.7 Å². The van der Waals surface area contributed by atoms with E-state index in [2.05, 4.69) is 9.98 Å². The number of nitrogens with one attached hydrogen (secondary N) is 1. The summed E-state index contributed by atoms with van der Waals surface area (Å²) in [4.78, 5) is 31.2. The molecule has 0 unspecified atom stereocenters. The normalized spacial score (nSPS) is 9.76. The van der Waals surface area contributed by atoms with Gasteiger partial charge in [-0.2, -0.15) is 0 Å². The molecule has 0 saturated heterocycles. The molecule has 0 aliphatic carbocycles. The third kappa shape index (κ3) is 6.37. The first-order chi connectivity index (χ1) is 11.9. The number of nitrogens with zero attached hydrogens (tertiary/aromatic N) is 3. The van der Waals surface area contributed by atoms with Gasteiger partial charge in [-0.15, -0.1) is 0 Å². The molecule has 1 aromatic heterocycles. The second kappa shape index (κ2) is 11.0. The van der Waals surface area contributed by atoms with Crippen molar-refractivity contribution in [1.29, 1.82) is 0 Å². The van der Waals surface area contributed by atoms with Gasteiger partial charge in [0.2, 0.25) is 0 Å². The van der Waals surface area contributed by atoms with Gasteiger partial charge in [-0.3, -0.25) is 9.78 Å². The van der Waals surface area contributed by atoms with E-state index in [0.717, 1.165) is 16.2 Å². The van der Waals surface area contributed by atoms with E-state index in [4.69, 9.17) is 0 Å². The van der Waals surface area contributed by atoms with Gasteiger partial charge >= 0.3 is 5.69 Å². The zero-order chi connectivity index (χ0) is 19.6. The molecular formula is C18H27FN4O2. The van der Waals surface area contributed by atoms with E-state index < -0.39 is 17.1 Å². The summed E-state index contributed by atoms with van der Waals surface area (Å²) in [5.41, 5.74) is -0.564. The molecule has 0 radical (unpaired) electrons. The molecule has 25 heavy (non-hydrogen) atoms. The van der Waals surface area contributed by atoms with E-state index >= 15 is 0 Å². The van der Waals surface area contributed by atoms with Gasteiger partial charge < -0.3 is 4.90 Å². The Kier molecular flexibility index (Phi) is 9.78. The van der Waals surface area contributed by atoms with Crippen LogP contribution in [0.5, 0.6) is 0 Å². The van der Waals surface area contributed by atoms with E-state index in [1.54, 1.807) is 32.0 Å². The molecule has 2 rings (SSSR count). The number of hydrogen-bond donors (Lipinski definition) is 1. The van der Waals surface area contributed by atoms with E-state index in [9.17, 15) is 14.0 Å². The molecule has 7 heteroatoms. The van der Waals surface area contributed by atoms with Crippen molar-refractivity contribution in [3.8, 4) is 5.69 Å². The highest BCUT2D eigenvalue weighted by atomic mass is 19.1. The predicted octanol–water partition coefficient (Wildman–Crippen LogP) is 3.25. The van der Waals surface area contributed by atoms with Crippen molar-refractivity contribution in [1.82, 2.24) is 14.5 Å². The number of aromatic nitrogens is 2. The van der Waals surface area contributed by atoms with Crippen LogP contribution in [-0.4, -0.2) is 34.9 Å². The van der Waals surface area contributed by atoms with Crippen LogP contribution in [0.15, 0.2) is 38.8 Å². The number of hydrogen-bond acceptors (Lipinski definition) is 3. The molecule has 6 nitrogen and oxygen atoms in total. The van der Waals surface area contributed by atoms with Gasteiger partial charge in [0.25, 0.3) is 5.56 Å². The highest BCUT2D eigenvalue weighted by Gasteiger charge is 2.12. The van der Waals surface area contributed by atoms with Gasteiger partial charge in [-0.1, -0.05) is 33.8 Å². The summed E-state index contributed by atoms with van der Waals surface area (Å²) >= 11 is 0. The predicted molar refractivity (Wildman–Crippen MR) is 102 cm³/mol. The zero-order valence-electron chi connectivity index (χ0n) is 15.9. The Morgan fingerprint density at radius 1 is 1.12 bits per heavy atom. The lowest BCUT2D eigenvalue weighted by molar-refractivity contribution is 0.613. The monoisotopic (exact) mass is 350 g/mol. The molecule has 1 aromatic carbocycles. The van der Waals surface area contributed by atoms with Gasteiger partial charge in [-0.05, 0) is 24.6 Å². The molecule has 2 aromatic rings. The Hall–Kier alpha value is -2.70. The SMILES string of the molecule is CC.CC.Cc1ccc(-n2c(/N=C/N(C)C)cc(=O)[nH]c2=O)c(F)c1. The zero-order valence-corrected chi connectivity index (χ0v) is 15.9. The third-order valence-electron chi connectivity index (χ3n) is 2.69. The first kappa shape index (κ1) is 22.3. The number of halogens is 1. The molecule has 0 saturated carbocycles. The highest BCUT2D eigenvalue weighted by Crippen LogP contribution is 2.18. The summed E-state index contributed by atoms with van der Waals surface area (Å²) in [6.07, 6.45) is 1.43. The van der Waals surface area contributed by atoms with Gasteiger partial charge in [0, 0.05) is 20.2 Å². The lowest BCUT2D eigenvalue weighted by Gasteiger charge is -2.11. The number of rotatable bonds is 3. The maximum absolute atomic E-state index is 14.1. The van der Waals surface area contributed by atoms with Crippen molar-refractivity contribution >= 4 is 12.2 Å². The van der Waals surface area contributed by atoms with E-state index in [-0.39, 0.29) is 11.5 Å². The fourth-order valence-corrected chi connectivity index (χ4v) is 1.78. The number of aryl methyl sites for hydroxylation is 1. The summed E-state index contributed by atoms with van der Waals surface area (Å²) in [5.74, 6) is -0.509. The fourth-order valence-electron chi connectivity index (χ4n) is 1.78. The number of aromatic amines is 1. The summed E-state index contributed by atoms with van der Waals surface area (Å²) in [5, 5.41) is 0. The van der Waals surface area contributed by atoms with Crippen LogP contribution < -0.4 is 11.2 Å². The maximum Gasteiger partial charge on any atom is 0.334 e. The molecule has 0 aliphatic heterocycles. The van der Waals surface area contributed by atoms with E-state index in [1.807, 2.05) is 27.7 Å². The fraction of sp³-hybridized carbons (Fsp3) is 0.389. The Bertz CT molecular complexity index is 807. The quantitative estimate of drug-likeness (QED) is 0.682. The van der Waals surface area contributed by atoms with Crippen LogP contribution in [0.1, 0.15) is 33.3 Å². The van der Waals surface area contributed by atoms with Crippen molar-refractivity contribution in [3.63, 3.8) is 0 Å². The Balaban J connectivity index is 0.00000134. The lowest BCUT2D eigenvalue weighted by Crippen LogP contribution is -2.28. The molecule has 0 aliphatic rings. The molecule has 1 heterocycles. The molecule has 0 spiro atoms. The molecule has 0 fully saturated rings. The van der Waals surface area contributed by atoms with Crippen molar-refractivity contribution < 1.29 is 4.39 Å². The Labute approximate surface area is 147 Å². The summed E-state index contributed by atoms with van der Waals surface area (Å²) in [6.45, 7) is 9.74. The molecule has 0 amide bonds. The van der Waals surface area contributed by atoms with Crippen LogP contribution in [-0.2, 0) is 0 Å².